The molecule has 0 radical (unpaired) electrons. The van der Waals surface area contributed by atoms with Crippen LogP contribution in [0.4, 0.5) is 0 Å². The highest BCUT2D eigenvalue weighted by molar-refractivity contribution is 7.09. The summed E-state index contributed by atoms with van der Waals surface area (Å²) in [5.74, 6) is 0.0307. The number of fused-ring (bicyclic) bond motifs is 1. The summed E-state index contributed by atoms with van der Waals surface area (Å²) in [5, 5.41) is 9.08. The first-order valence-corrected chi connectivity index (χ1v) is 7.59. The number of hydrogen-bond acceptors (Lipinski definition) is 4. The van der Waals surface area contributed by atoms with Gasteiger partial charge in [0.15, 0.2) is 0 Å². The van der Waals surface area contributed by atoms with Crippen molar-refractivity contribution in [3.05, 3.63) is 45.7 Å². The van der Waals surface area contributed by atoms with Crippen molar-refractivity contribution in [1.82, 2.24) is 14.5 Å². The van der Waals surface area contributed by atoms with Gasteiger partial charge >= 0.3 is 5.97 Å². The molecule has 0 aliphatic rings. The third kappa shape index (κ3) is 2.42. The van der Waals surface area contributed by atoms with Gasteiger partial charge in [-0.3, -0.25) is 0 Å². The third-order valence-electron chi connectivity index (χ3n) is 3.54. The van der Waals surface area contributed by atoms with Gasteiger partial charge in [0.05, 0.1) is 34.3 Å². The number of aryl methyl sites for hydroxylation is 2. The van der Waals surface area contributed by atoms with Gasteiger partial charge in [-0.25, -0.2) is 14.8 Å². The number of nitrogens with zero attached hydrogens (tertiary/aromatic N) is 3. The highest BCUT2D eigenvalue weighted by Crippen LogP contribution is 2.22. The van der Waals surface area contributed by atoms with Gasteiger partial charge in [0.2, 0.25) is 0 Å². The molecule has 2 aromatic heterocycles. The standard InChI is InChI=1S/C15H15N3O2S/c1-3-14-17-11-6-10(15(19)20)4-5-12(11)18(14)7-13-9(2)16-8-21-13/h4-6,8H,3,7H2,1-2H3,(H,19,20). The highest BCUT2D eigenvalue weighted by Gasteiger charge is 2.14. The monoisotopic (exact) mass is 301 g/mol. The Morgan fingerprint density at radius 2 is 2.24 bits per heavy atom. The molecule has 0 amide bonds. The number of thiazole rings is 1. The van der Waals surface area contributed by atoms with Crippen LogP contribution in [0.15, 0.2) is 23.7 Å². The summed E-state index contributed by atoms with van der Waals surface area (Å²) in [6.07, 6.45) is 0.801. The van der Waals surface area contributed by atoms with Crippen molar-refractivity contribution in [1.29, 1.82) is 0 Å². The third-order valence-corrected chi connectivity index (χ3v) is 4.46. The van der Waals surface area contributed by atoms with Crippen molar-refractivity contribution in [2.45, 2.75) is 26.8 Å². The zero-order chi connectivity index (χ0) is 15.0. The van der Waals surface area contributed by atoms with E-state index < -0.39 is 5.97 Å². The number of benzene rings is 1. The van der Waals surface area contributed by atoms with E-state index in [0.29, 0.717) is 0 Å². The Hall–Kier alpha value is -2.21. The minimum Gasteiger partial charge on any atom is -0.478 e. The van der Waals surface area contributed by atoms with Gasteiger partial charge in [0.1, 0.15) is 5.82 Å². The molecule has 0 aliphatic carbocycles. The lowest BCUT2D eigenvalue weighted by Crippen LogP contribution is -2.04. The Kier molecular flexibility index (Phi) is 3.47. The quantitative estimate of drug-likeness (QED) is 0.804. The Morgan fingerprint density at radius 3 is 2.86 bits per heavy atom. The molecule has 0 saturated heterocycles. The van der Waals surface area contributed by atoms with Crippen LogP contribution in [-0.4, -0.2) is 25.6 Å². The number of hydrogen-bond donors (Lipinski definition) is 1. The first-order valence-electron chi connectivity index (χ1n) is 6.71. The van der Waals surface area contributed by atoms with Gasteiger partial charge in [-0.1, -0.05) is 6.92 Å². The number of imidazole rings is 1. The summed E-state index contributed by atoms with van der Waals surface area (Å²) in [5.41, 5.74) is 4.84. The topological polar surface area (TPSA) is 68.0 Å². The average Bonchev–Trinajstić information content (AvgIpc) is 3.03. The lowest BCUT2D eigenvalue weighted by molar-refractivity contribution is 0.0697. The van der Waals surface area contributed by atoms with E-state index in [9.17, 15) is 4.79 Å². The second-order valence-electron chi connectivity index (χ2n) is 4.84. The molecule has 0 bridgehead atoms. The van der Waals surface area contributed by atoms with E-state index in [4.69, 9.17) is 5.11 Å². The van der Waals surface area contributed by atoms with Crippen molar-refractivity contribution < 1.29 is 9.90 Å². The van der Waals surface area contributed by atoms with Crippen molar-refractivity contribution in [2.75, 3.05) is 0 Å². The van der Waals surface area contributed by atoms with Crippen LogP contribution >= 0.6 is 11.3 Å². The van der Waals surface area contributed by atoms with Crippen molar-refractivity contribution in [3.8, 4) is 0 Å². The van der Waals surface area contributed by atoms with Crippen LogP contribution in [0.5, 0.6) is 0 Å². The van der Waals surface area contributed by atoms with E-state index in [0.717, 1.165) is 35.5 Å². The predicted octanol–water partition coefficient (Wildman–Crippen LogP) is 3.11. The van der Waals surface area contributed by atoms with Gasteiger partial charge in [-0.15, -0.1) is 11.3 Å². The number of carboxylic acid groups (broad SMARTS) is 1. The Labute approximate surface area is 125 Å². The molecule has 0 atom stereocenters. The molecular weight excluding hydrogens is 286 g/mol. The molecule has 0 aliphatic heterocycles. The molecule has 0 fully saturated rings. The van der Waals surface area contributed by atoms with E-state index in [2.05, 4.69) is 21.5 Å². The summed E-state index contributed by atoms with van der Waals surface area (Å²) in [7, 11) is 0. The van der Waals surface area contributed by atoms with Crippen LogP contribution in [0.3, 0.4) is 0 Å². The number of carboxylic acids is 1. The van der Waals surface area contributed by atoms with Gasteiger partial charge in [-0.2, -0.15) is 0 Å². The molecule has 0 saturated carbocycles. The van der Waals surface area contributed by atoms with Gasteiger partial charge in [-0.05, 0) is 25.1 Å². The highest BCUT2D eigenvalue weighted by atomic mass is 32.1. The fourth-order valence-electron chi connectivity index (χ4n) is 2.38. The summed E-state index contributed by atoms with van der Waals surface area (Å²) >= 11 is 1.63. The smallest absolute Gasteiger partial charge is 0.335 e. The minimum absolute atomic E-state index is 0.267. The van der Waals surface area contributed by atoms with Crippen molar-refractivity contribution in [3.63, 3.8) is 0 Å². The van der Waals surface area contributed by atoms with Crippen LogP contribution in [-0.2, 0) is 13.0 Å². The molecule has 21 heavy (non-hydrogen) atoms. The lowest BCUT2D eigenvalue weighted by Gasteiger charge is -2.07. The number of aromatic carboxylic acids is 1. The maximum absolute atomic E-state index is 11.1. The summed E-state index contributed by atoms with van der Waals surface area (Å²) in [4.78, 5) is 21.1. The molecular formula is C15H15N3O2S. The minimum atomic E-state index is -0.928. The summed E-state index contributed by atoms with van der Waals surface area (Å²) in [6.45, 7) is 4.77. The van der Waals surface area contributed by atoms with E-state index in [-0.39, 0.29) is 5.56 Å². The fourth-order valence-corrected chi connectivity index (χ4v) is 3.15. The average molecular weight is 301 g/mol. The van der Waals surface area contributed by atoms with E-state index in [1.54, 1.807) is 23.5 Å². The molecule has 0 unspecified atom stereocenters. The van der Waals surface area contributed by atoms with E-state index in [1.807, 2.05) is 18.5 Å². The molecule has 2 heterocycles. The first-order chi connectivity index (χ1) is 10.1. The van der Waals surface area contributed by atoms with Crippen LogP contribution < -0.4 is 0 Å². The molecule has 1 N–H and O–H groups in total. The normalized spacial score (nSPS) is 11.1. The second kappa shape index (κ2) is 5.29. The lowest BCUT2D eigenvalue weighted by atomic mass is 10.2. The van der Waals surface area contributed by atoms with Crippen LogP contribution in [0.25, 0.3) is 11.0 Å². The maximum atomic E-state index is 11.1. The van der Waals surface area contributed by atoms with Gasteiger partial charge in [0.25, 0.3) is 0 Å². The Morgan fingerprint density at radius 1 is 1.43 bits per heavy atom. The van der Waals surface area contributed by atoms with Crippen molar-refractivity contribution in [2.24, 2.45) is 0 Å². The zero-order valence-corrected chi connectivity index (χ0v) is 12.6. The molecule has 0 spiro atoms. The van der Waals surface area contributed by atoms with Gasteiger partial charge in [0, 0.05) is 11.3 Å². The SMILES string of the molecule is CCc1nc2cc(C(=O)O)ccc2n1Cc1scnc1C. The van der Waals surface area contributed by atoms with Crippen LogP contribution in [0.2, 0.25) is 0 Å². The first kappa shape index (κ1) is 13.8. The van der Waals surface area contributed by atoms with E-state index in [1.165, 1.54) is 4.88 Å². The molecule has 108 valence electrons. The Balaban J connectivity index is 2.12. The zero-order valence-electron chi connectivity index (χ0n) is 11.8. The van der Waals surface area contributed by atoms with Crippen LogP contribution in [0.1, 0.15) is 33.7 Å². The molecule has 5 nitrogen and oxygen atoms in total. The molecule has 3 aromatic rings. The summed E-state index contributed by atoms with van der Waals surface area (Å²) < 4.78 is 2.14. The molecule has 6 heteroatoms. The fraction of sp³-hybridized carbons (Fsp3) is 0.267. The number of carbonyl (C=O) groups is 1. The summed E-state index contributed by atoms with van der Waals surface area (Å²) in [6, 6.07) is 5.09. The molecule has 1 aromatic carbocycles. The van der Waals surface area contributed by atoms with Crippen LogP contribution in [0, 0.1) is 6.92 Å². The second-order valence-corrected chi connectivity index (χ2v) is 5.78. The number of rotatable bonds is 4. The van der Waals surface area contributed by atoms with Crippen molar-refractivity contribution >= 4 is 28.3 Å². The maximum Gasteiger partial charge on any atom is 0.335 e. The largest absolute Gasteiger partial charge is 0.478 e. The van der Waals surface area contributed by atoms with Gasteiger partial charge < -0.3 is 9.67 Å². The molecule has 3 rings (SSSR count). The Bertz CT molecular complexity index is 820. The number of aromatic nitrogens is 3. The predicted molar refractivity (Wildman–Crippen MR) is 82.0 cm³/mol. The van der Waals surface area contributed by atoms with E-state index >= 15 is 0 Å².